The third kappa shape index (κ3) is 10.4. The first-order valence-electron chi connectivity index (χ1n) is 17.3. The molecule has 0 saturated heterocycles. The number of benzene rings is 2. The van der Waals surface area contributed by atoms with Gasteiger partial charge in [0.05, 0.1) is 16.9 Å². The highest BCUT2D eigenvalue weighted by Crippen LogP contribution is 2.33. The molecule has 0 saturated carbocycles. The Morgan fingerprint density at radius 3 is 2.49 bits per heavy atom. The summed E-state index contributed by atoms with van der Waals surface area (Å²) in [5.74, 6) is 2.19. The molecule has 6 nitrogen and oxygen atoms in total. The van der Waals surface area contributed by atoms with Crippen LogP contribution in [-0.4, -0.2) is 30.1 Å². The summed E-state index contributed by atoms with van der Waals surface area (Å²) in [5, 5.41) is 9.63. The first kappa shape index (κ1) is 37.3. The van der Waals surface area contributed by atoms with Gasteiger partial charge in [0.15, 0.2) is 5.82 Å². The summed E-state index contributed by atoms with van der Waals surface area (Å²) >= 11 is 0. The van der Waals surface area contributed by atoms with Crippen molar-refractivity contribution in [1.82, 2.24) is 5.01 Å². The zero-order chi connectivity index (χ0) is 34.3. The van der Waals surface area contributed by atoms with Gasteiger partial charge in [0, 0.05) is 43.5 Å². The van der Waals surface area contributed by atoms with Gasteiger partial charge >= 0.3 is 0 Å². The number of unbranched alkanes of at least 4 members (excludes halogenated alkanes) is 3. The number of rotatable bonds is 16. The molecule has 1 unspecified atom stereocenters. The van der Waals surface area contributed by atoms with E-state index in [1.54, 1.807) is 17.4 Å². The number of ether oxygens (including phenoxy) is 1. The van der Waals surface area contributed by atoms with Gasteiger partial charge < -0.3 is 15.0 Å². The SMILES string of the molecule is C/C=N\N1C=CC(Oc2ccc(NC(=N/C=C/CCC)c3c(C)cc(C)c(N(CCCCC)CC(C)CC)c3F)cc2C)=C/C1=C\C. The lowest BCUT2D eigenvalue weighted by Crippen LogP contribution is -2.32. The molecule has 254 valence electrons. The molecule has 2 aromatic carbocycles. The highest BCUT2D eigenvalue weighted by molar-refractivity contribution is 6.10. The topological polar surface area (TPSA) is 52.5 Å². The van der Waals surface area contributed by atoms with Crippen LogP contribution in [0.3, 0.4) is 0 Å². The van der Waals surface area contributed by atoms with Gasteiger partial charge in [-0.05, 0) is 94.3 Å². The maximum atomic E-state index is 16.9. The number of anilines is 2. The van der Waals surface area contributed by atoms with E-state index in [4.69, 9.17) is 9.73 Å². The summed E-state index contributed by atoms with van der Waals surface area (Å²) < 4.78 is 23.2. The van der Waals surface area contributed by atoms with Crippen molar-refractivity contribution in [3.8, 4) is 5.75 Å². The molecule has 1 heterocycles. The Bertz CT molecular complexity index is 1520. The van der Waals surface area contributed by atoms with Crippen molar-refractivity contribution in [3.63, 3.8) is 0 Å². The van der Waals surface area contributed by atoms with Crippen LogP contribution in [0, 0.1) is 32.5 Å². The molecular formula is C40H56FN5O. The number of nitrogens with one attached hydrogen (secondary N) is 1. The standard InChI is InChI=1S/C40H56FN5O/c1-10-15-17-22-42-40(37-31(8)25-32(9)39(38(37)41)45(23-18-16-11-2)28-29(6)12-3)44-33-19-20-36(30(7)26-33)47-35-21-24-46(43-14-5)34(13-4)27-35/h13-14,17,19-22,24-27,29H,10-12,15-16,18,23,28H2,1-9H3,(H,42,44)/b22-17+,34-13+,43-14-. The van der Waals surface area contributed by atoms with Gasteiger partial charge in [-0.15, -0.1) is 0 Å². The molecule has 3 rings (SSSR count). The summed E-state index contributed by atoms with van der Waals surface area (Å²) in [6.07, 6.45) is 19.6. The van der Waals surface area contributed by atoms with Crippen molar-refractivity contribution >= 4 is 23.4 Å². The average Bonchev–Trinajstić information content (AvgIpc) is 3.04. The van der Waals surface area contributed by atoms with Crippen LogP contribution in [0.15, 0.2) is 82.5 Å². The summed E-state index contributed by atoms with van der Waals surface area (Å²) in [7, 11) is 0. The second-order valence-corrected chi connectivity index (χ2v) is 12.4. The lowest BCUT2D eigenvalue weighted by Gasteiger charge is -2.31. The van der Waals surface area contributed by atoms with E-state index in [0.717, 1.165) is 91.2 Å². The van der Waals surface area contributed by atoms with E-state index in [1.807, 2.05) is 83.3 Å². The van der Waals surface area contributed by atoms with Crippen molar-refractivity contribution in [2.24, 2.45) is 16.0 Å². The van der Waals surface area contributed by atoms with Gasteiger partial charge in [-0.3, -0.25) is 0 Å². The minimum Gasteiger partial charge on any atom is -0.457 e. The van der Waals surface area contributed by atoms with Crippen LogP contribution in [0.25, 0.3) is 0 Å². The maximum Gasteiger partial charge on any atom is 0.157 e. The smallest absolute Gasteiger partial charge is 0.157 e. The molecule has 1 N–H and O–H groups in total. The molecule has 47 heavy (non-hydrogen) atoms. The normalized spacial score (nSPS) is 15.2. The number of aliphatic imine (C=N–C) groups is 1. The van der Waals surface area contributed by atoms with E-state index in [-0.39, 0.29) is 5.82 Å². The number of hydrogen-bond acceptors (Lipinski definition) is 5. The van der Waals surface area contributed by atoms with E-state index in [1.165, 1.54) is 0 Å². The summed E-state index contributed by atoms with van der Waals surface area (Å²) in [6, 6.07) is 8.01. The van der Waals surface area contributed by atoms with Gasteiger partial charge in [-0.1, -0.05) is 71.6 Å². The van der Waals surface area contributed by atoms with Crippen molar-refractivity contribution in [2.45, 2.75) is 101 Å². The lowest BCUT2D eigenvalue weighted by atomic mass is 9.99. The summed E-state index contributed by atoms with van der Waals surface area (Å²) in [4.78, 5) is 7.07. The van der Waals surface area contributed by atoms with Crippen LogP contribution in [0.1, 0.15) is 102 Å². The molecule has 1 atom stereocenters. The molecular weight excluding hydrogens is 585 g/mol. The molecule has 7 heteroatoms. The average molecular weight is 642 g/mol. The number of hydrogen-bond donors (Lipinski definition) is 1. The van der Waals surface area contributed by atoms with Crippen LogP contribution in [0.5, 0.6) is 5.75 Å². The summed E-state index contributed by atoms with van der Waals surface area (Å²) in [5.41, 5.74) is 5.68. The Labute approximate surface area is 283 Å². The molecule has 1 aliphatic rings. The van der Waals surface area contributed by atoms with Gasteiger partial charge in [0.2, 0.25) is 0 Å². The van der Waals surface area contributed by atoms with Crippen molar-refractivity contribution in [3.05, 3.63) is 100 Å². The molecule has 0 radical (unpaired) electrons. The number of hydrazone groups is 1. The van der Waals surface area contributed by atoms with E-state index >= 15 is 4.39 Å². The van der Waals surface area contributed by atoms with Gasteiger partial charge in [0.1, 0.15) is 17.3 Å². The Morgan fingerprint density at radius 2 is 1.83 bits per heavy atom. The number of nitrogens with zero attached hydrogens (tertiary/aromatic N) is 4. The van der Waals surface area contributed by atoms with Crippen LogP contribution in [0.2, 0.25) is 0 Å². The first-order chi connectivity index (χ1) is 22.7. The van der Waals surface area contributed by atoms with Gasteiger partial charge in [-0.2, -0.15) is 5.10 Å². The van der Waals surface area contributed by atoms with Crippen molar-refractivity contribution < 1.29 is 9.13 Å². The molecule has 0 spiro atoms. The van der Waals surface area contributed by atoms with E-state index in [9.17, 15) is 0 Å². The number of allylic oxidation sites excluding steroid dienone is 4. The van der Waals surface area contributed by atoms with Crippen molar-refractivity contribution in [1.29, 1.82) is 0 Å². The van der Waals surface area contributed by atoms with Crippen LogP contribution < -0.4 is 15.0 Å². The fourth-order valence-corrected chi connectivity index (χ4v) is 5.59. The largest absolute Gasteiger partial charge is 0.457 e. The zero-order valence-electron chi connectivity index (χ0n) is 30.2. The minimum absolute atomic E-state index is 0.216. The molecule has 2 aromatic rings. The molecule has 1 aliphatic heterocycles. The number of aryl methyl sites for hydroxylation is 3. The first-order valence-corrected chi connectivity index (χ1v) is 17.3. The highest BCUT2D eigenvalue weighted by atomic mass is 19.1. The number of halogens is 1. The van der Waals surface area contributed by atoms with E-state index in [0.29, 0.717) is 23.0 Å². The zero-order valence-corrected chi connectivity index (χ0v) is 30.2. The van der Waals surface area contributed by atoms with Crippen molar-refractivity contribution in [2.75, 3.05) is 23.3 Å². The van der Waals surface area contributed by atoms with E-state index in [2.05, 4.69) is 49.1 Å². The second-order valence-electron chi connectivity index (χ2n) is 12.4. The summed E-state index contributed by atoms with van der Waals surface area (Å²) in [6.45, 7) is 20.3. The van der Waals surface area contributed by atoms with Crippen LogP contribution in [-0.2, 0) is 0 Å². The molecule has 0 amide bonds. The number of amidine groups is 1. The third-order valence-corrected chi connectivity index (χ3v) is 8.34. The molecule has 0 aliphatic carbocycles. The predicted octanol–water partition coefficient (Wildman–Crippen LogP) is 11.0. The van der Waals surface area contributed by atoms with E-state index < -0.39 is 0 Å². The molecule has 0 aromatic heterocycles. The maximum absolute atomic E-state index is 16.9. The highest BCUT2D eigenvalue weighted by Gasteiger charge is 2.24. The second kappa shape index (κ2) is 18.9. The fourth-order valence-electron chi connectivity index (χ4n) is 5.59. The minimum atomic E-state index is -0.216. The predicted molar refractivity (Wildman–Crippen MR) is 200 cm³/mol. The third-order valence-electron chi connectivity index (χ3n) is 8.34. The van der Waals surface area contributed by atoms with Crippen LogP contribution in [0.4, 0.5) is 15.8 Å². The monoisotopic (exact) mass is 641 g/mol. The Balaban J connectivity index is 2.00. The lowest BCUT2D eigenvalue weighted by molar-refractivity contribution is 0.420. The molecule has 0 fully saturated rings. The Hall–Kier alpha value is -4.13. The molecule has 0 bridgehead atoms. The van der Waals surface area contributed by atoms with Crippen LogP contribution >= 0.6 is 0 Å². The van der Waals surface area contributed by atoms with Gasteiger partial charge in [0.25, 0.3) is 0 Å². The fraction of sp³-hybridized carbons (Fsp3) is 0.450. The Morgan fingerprint density at radius 1 is 1.04 bits per heavy atom. The van der Waals surface area contributed by atoms with Gasteiger partial charge in [-0.25, -0.2) is 14.4 Å². The quantitative estimate of drug-likeness (QED) is 0.113. The Kier molecular flexibility index (Phi) is 15.0.